The summed E-state index contributed by atoms with van der Waals surface area (Å²) in [6.07, 6.45) is 8.87. The van der Waals surface area contributed by atoms with E-state index in [1.165, 1.54) is 12.8 Å². The minimum atomic E-state index is -0.387. The third-order valence-electron chi connectivity index (χ3n) is 5.66. The summed E-state index contributed by atoms with van der Waals surface area (Å²) in [6.45, 7) is 3.52. The molecule has 0 aromatic heterocycles. The first-order valence-corrected chi connectivity index (χ1v) is 8.93. The summed E-state index contributed by atoms with van der Waals surface area (Å²) in [5.41, 5.74) is 5.40. The third kappa shape index (κ3) is 3.39. The van der Waals surface area contributed by atoms with Crippen LogP contribution in [-0.4, -0.2) is 46.9 Å². The van der Waals surface area contributed by atoms with Gasteiger partial charge in [-0.05, 0) is 57.3 Å². The van der Waals surface area contributed by atoms with E-state index in [2.05, 4.69) is 11.8 Å². The predicted molar refractivity (Wildman–Crippen MR) is 85.2 cm³/mol. The molecule has 0 aromatic carbocycles. The molecule has 3 amide bonds. The highest BCUT2D eigenvalue weighted by Gasteiger charge is 2.41. The van der Waals surface area contributed by atoms with Gasteiger partial charge in [0.05, 0.1) is 5.92 Å². The maximum atomic E-state index is 13.1. The molecule has 0 aromatic rings. The van der Waals surface area contributed by atoms with Crippen molar-refractivity contribution in [2.75, 3.05) is 13.1 Å². The van der Waals surface area contributed by atoms with Crippen molar-refractivity contribution >= 4 is 11.9 Å². The predicted octanol–water partition coefficient (Wildman–Crippen LogP) is 2.35. The zero-order valence-corrected chi connectivity index (χ0v) is 13.7. The van der Waals surface area contributed by atoms with E-state index in [4.69, 9.17) is 5.73 Å². The maximum absolute atomic E-state index is 13.1. The van der Waals surface area contributed by atoms with Gasteiger partial charge in [-0.3, -0.25) is 4.79 Å². The molecule has 1 saturated heterocycles. The fourth-order valence-electron chi connectivity index (χ4n) is 4.12. The molecule has 3 fully saturated rings. The molecule has 124 valence electrons. The van der Waals surface area contributed by atoms with Crippen LogP contribution in [0.2, 0.25) is 0 Å². The van der Waals surface area contributed by atoms with Crippen molar-refractivity contribution in [1.82, 2.24) is 9.80 Å². The number of primary amides is 1. The normalized spacial score (nSPS) is 32.6. The van der Waals surface area contributed by atoms with Crippen molar-refractivity contribution in [2.24, 2.45) is 17.6 Å². The van der Waals surface area contributed by atoms with Crippen LogP contribution in [0.25, 0.3) is 0 Å². The minimum absolute atomic E-state index is 0.0406. The fourth-order valence-corrected chi connectivity index (χ4v) is 4.12. The molecule has 22 heavy (non-hydrogen) atoms. The smallest absolute Gasteiger partial charge is 0.314 e. The molecule has 1 aliphatic heterocycles. The lowest BCUT2D eigenvalue weighted by Crippen LogP contribution is -2.51. The maximum Gasteiger partial charge on any atom is 0.314 e. The average molecular weight is 307 g/mol. The van der Waals surface area contributed by atoms with Gasteiger partial charge in [0, 0.05) is 25.2 Å². The van der Waals surface area contributed by atoms with Crippen molar-refractivity contribution in [3.8, 4) is 0 Å². The lowest BCUT2D eigenvalue weighted by molar-refractivity contribution is -0.141. The van der Waals surface area contributed by atoms with Crippen LogP contribution in [0.5, 0.6) is 0 Å². The molecule has 2 N–H and O–H groups in total. The Morgan fingerprint density at radius 2 is 1.59 bits per heavy atom. The highest BCUT2D eigenvalue weighted by atomic mass is 16.2. The van der Waals surface area contributed by atoms with Crippen LogP contribution in [0.3, 0.4) is 0 Å². The molecule has 3 rings (SSSR count). The summed E-state index contributed by atoms with van der Waals surface area (Å²) in [7, 11) is 0. The third-order valence-corrected chi connectivity index (χ3v) is 5.66. The number of urea groups is 1. The first kappa shape index (κ1) is 15.6. The van der Waals surface area contributed by atoms with E-state index in [-0.39, 0.29) is 17.9 Å². The first-order chi connectivity index (χ1) is 10.6. The van der Waals surface area contributed by atoms with E-state index in [0.717, 1.165) is 44.4 Å². The number of amides is 3. The van der Waals surface area contributed by atoms with Crippen LogP contribution in [0.4, 0.5) is 4.79 Å². The van der Waals surface area contributed by atoms with Gasteiger partial charge in [0.2, 0.25) is 5.91 Å². The molecular weight excluding hydrogens is 278 g/mol. The molecule has 1 heterocycles. The second-order valence-electron chi connectivity index (χ2n) is 7.51. The van der Waals surface area contributed by atoms with Gasteiger partial charge in [-0.25, -0.2) is 4.79 Å². The zero-order valence-electron chi connectivity index (χ0n) is 13.7. The van der Waals surface area contributed by atoms with E-state index < -0.39 is 0 Å². The van der Waals surface area contributed by atoms with Crippen LogP contribution in [0.15, 0.2) is 0 Å². The summed E-state index contributed by atoms with van der Waals surface area (Å²) in [6, 6.07) is 0.511. The van der Waals surface area contributed by atoms with Crippen LogP contribution in [0, 0.1) is 11.8 Å². The summed E-state index contributed by atoms with van der Waals surface area (Å²) in [5.74, 6) is 1.04. The van der Waals surface area contributed by atoms with E-state index in [1.807, 2.05) is 0 Å². The molecule has 2 aliphatic carbocycles. The van der Waals surface area contributed by atoms with Gasteiger partial charge in [0.25, 0.3) is 0 Å². The number of likely N-dealkylation sites (tertiary alicyclic amines) is 1. The SMILES string of the molecule is CC1CCC(N(C(=O)[C@H]2CCCN(C(N)=O)C2)C2CC2)CC1. The lowest BCUT2D eigenvalue weighted by Gasteiger charge is -2.40. The molecular formula is C17H29N3O2. The van der Waals surface area contributed by atoms with Gasteiger partial charge in [-0.15, -0.1) is 0 Å². The lowest BCUT2D eigenvalue weighted by atomic mass is 9.85. The van der Waals surface area contributed by atoms with Crippen LogP contribution in [0.1, 0.15) is 58.3 Å². The number of nitrogens with two attached hydrogens (primary N) is 1. The Bertz CT molecular complexity index is 428. The summed E-state index contributed by atoms with van der Waals surface area (Å²) < 4.78 is 0. The Labute approximate surface area is 133 Å². The number of nitrogens with zero attached hydrogens (tertiary/aromatic N) is 2. The van der Waals surface area contributed by atoms with Crippen molar-refractivity contribution < 1.29 is 9.59 Å². The number of carbonyl (C=O) groups is 2. The quantitative estimate of drug-likeness (QED) is 0.869. The van der Waals surface area contributed by atoms with Crippen molar-refractivity contribution in [2.45, 2.75) is 70.4 Å². The Morgan fingerprint density at radius 1 is 1.00 bits per heavy atom. The van der Waals surface area contributed by atoms with Gasteiger partial charge in [-0.2, -0.15) is 0 Å². The van der Waals surface area contributed by atoms with Gasteiger partial charge >= 0.3 is 6.03 Å². The summed E-state index contributed by atoms with van der Waals surface area (Å²) in [4.78, 5) is 28.3. The van der Waals surface area contributed by atoms with Gasteiger partial charge in [0.15, 0.2) is 0 Å². The highest BCUT2D eigenvalue weighted by molar-refractivity contribution is 5.81. The summed E-state index contributed by atoms with van der Waals surface area (Å²) >= 11 is 0. The number of carbonyl (C=O) groups excluding carboxylic acids is 2. The van der Waals surface area contributed by atoms with Crippen LogP contribution >= 0.6 is 0 Å². The van der Waals surface area contributed by atoms with Gasteiger partial charge < -0.3 is 15.5 Å². The van der Waals surface area contributed by atoms with E-state index in [1.54, 1.807) is 4.90 Å². The molecule has 5 nitrogen and oxygen atoms in total. The van der Waals surface area contributed by atoms with Gasteiger partial charge in [-0.1, -0.05) is 6.92 Å². The molecule has 0 bridgehead atoms. The topological polar surface area (TPSA) is 66.6 Å². The zero-order chi connectivity index (χ0) is 15.7. The van der Waals surface area contributed by atoms with Crippen molar-refractivity contribution in [3.63, 3.8) is 0 Å². The first-order valence-electron chi connectivity index (χ1n) is 8.93. The second kappa shape index (κ2) is 6.47. The van der Waals surface area contributed by atoms with Gasteiger partial charge in [0.1, 0.15) is 0 Å². The largest absolute Gasteiger partial charge is 0.351 e. The molecule has 0 spiro atoms. The molecule has 2 saturated carbocycles. The number of piperidine rings is 1. The fraction of sp³-hybridized carbons (Fsp3) is 0.882. The Morgan fingerprint density at radius 3 is 2.14 bits per heavy atom. The van der Waals surface area contributed by atoms with Crippen molar-refractivity contribution in [3.05, 3.63) is 0 Å². The standard InChI is InChI=1S/C17H29N3O2/c1-12-4-6-14(7-5-12)20(15-8-9-15)16(21)13-3-2-10-19(11-13)17(18)22/h12-15H,2-11H2,1H3,(H2,18,22)/t12?,13-,14?/m0/s1. The average Bonchev–Trinajstić information content (AvgIpc) is 3.34. The molecule has 0 radical (unpaired) electrons. The molecule has 5 heteroatoms. The number of hydrogen-bond donors (Lipinski definition) is 1. The molecule has 0 unspecified atom stereocenters. The van der Waals surface area contributed by atoms with Crippen LogP contribution < -0.4 is 5.73 Å². The monoisotopic (exact) mass is 307 g/mol. The van der Waals surface area contributed by atoms with E-state index in [0.29, 0.717) is 25.2 Å². The van der Waals surface area contributed by atoms with Crippen molar-refractivity contribution in [1.29, 1.82) is 0 Å². The molecule has 1 atom stereocenters. The molecule has 3 aliphatic rings. The Hall–Kier alpha value is -1.26. The van der Waals surface area contributed by atoms with E-state index in [9.17, 15) is 9.59 Å². The Kier molecular flexibility index (Phi) is 4.59. The van der Waals surface area contributed by atoms with E-state index >= 15 is 0 Å². The van der Waals surface area contributed by atoms with Crippen LogP contribution in [-0.2, 0) is 4.79 Å². The Balaban J connectivity index is 1.66. The number of rotatable bonds is 3. The minimum Gasteiger partial charge on any atom is -0.351 e. The highest BCUT2D eigenvalue weighted by Crippen LogP contribution is 2.37. The summed E-state index contributed by atoms with van der Waals surface area (Å²) in [5, 5.41) is 0. The number of hydrogen-bond acceptors (Lipinski definition) is 2. The second-order valence-corrected chi connectivity index (χ2v) is 7.51.